The maximum absolute atomic E-state index is 13.9. The molecule has 1 amide bonds. The molecule has 0 spiro atoms. The summed E-state index contributed by atoms with van der Waals surface area (Å²) in [5, 5.41) is 0. The van der Waals surface area contributed by atoms with Gasteiger partial charge in [0.05, 0.1) is 12.5 Å². The predicted molar refractivity (Wildman–Crippen MR) is 96.0 cm³/mol. The van der Waals surface area contributed by atoms with Gasteiger partial charge in [-0.1, -0.05) is 31.0 Å². The number of likely N-dealkylation sites (N-methyl/N-ethyl adjacent to an activating group) is 1. The van der Waals surface area contributed by atoms with Crippen LogP contribution in [-0.2, 0) is 16.8 Å². The number of amides is 1. The van der Waals surface area contributed by atoms with Gasteiger partial charge in [-0.25, -0.2) is 8.78 Å². The molecule has 0 radical (unpaired) electrons. The zero-order valence-corrected chi connectivity index (χ0v) is 15.1. The Morgan fingerprint density at radius 2 is 1.88 bits per heavy atom. The number of carbonyl (C=O) groups is 1. The van der Waals surface area contributed by atoms with E-state index in [0.29, 0.717) is 18.4 Å². The van der Waals surface area contributed by atoms with E-state index in [1.165, 1.54) is 25.3 Å². The Kier molecular flexibility index (Phi) is 5.25. The number of carbonyl (C=O) groups excluding carboxylic acids is 1. The fraction of sp³-hybridized carbons (Fsp3) is 0.381. The van der Waals surface area contributed by atoms with Crippen molar-refractivity contribution >= 4 is 5.91 Å². The Hall–Kier alpha value is -2.43. The van der Waals surface area contributed by atoms with E-state index in [9.17, 15) is 13.6 Å². The van der Waals surface area contributed by atoms with Crippen LogP contribution in [0.2, 0.25) is 0 Å². The number of hydrogen-bond donors (Lipinski definition) is 0. The van der Waals surface area contributed by atoms with E-state index in [-0.39, 0.29) is 24.0 Å². The van der Waals surface area contributed by atoms with Crippen molar-refractivity contribution in [3.63, 3.8) is 0 Å². The monoisotopic (exact) mass is 359 g/mol. The molecule has 3 rings (SSSR count). The summed E-state index contributed by atoms with van der Waals surface area (Å²) in [5.74, 6) is -0.653. The van der Waals surface area contributed by atoms with Gasteiger partial charge in [0.2, 0.25) is 5.91 Å². The number of hydrogen-bond acceptors (Lipinski definition) is 2. The molecular weight excluding hydrogens is 336 g/mol. The van der Waals surface area contributed by atoms with Crippen molar-refractivity contribution in [2.24, 2.45) is 0 Å². The molecule has 1 aliphatic carbocycles. The van der Waals surface area contributed by atoms with Crippen molar-refractivity contribution in [1.82, 2.24) is 4.90 Å². The molecule has 2 aromatic carbocycles. The van der Waals surface area contributed by atoms with Gasteiger partial charge in [-0.05, 0) is 48.2 Å². The lowest BCUT2D eigenvalue weighted by Crippen LogP contribution is -2.43. The van der Waals surface area contributed by atoms with E-state index in [2.05, 4.69) is 0 Å². The molecule has 1 fully saturated rings. The van der Waals surface area contributed by atoms with Crippen LogP contribution in [0, 0.1) is 11.6 Å². The lowest BCUT2D eigenvalue weighted by atomic mass is 9.77. The summed E-state index contributed by atoms with van der Waals surface area (Å²) in [4.78, 5) is 14.9. The van der Waals surface area contributed by atoms with Gasteiger partial charge in [0.15, 0.2) is 11.6 Å². The van der Waals surface area contributed by atoms with E-state index in [4.69, 9.17) is 4.74 Å². The molecule has 5 heteroatoms. The molecule has 0 atom stereocenters. The molecule has 138 valence electrons. The number of benzene rings is 2. The lowest BCUT2D eigenvalue weighted by molar-refractivity contribution is -0.136. The van der Waals surface area contributed by atoms with Crippen LogP contribution in [0.15, 0.2) is 42.5 Å². The van der Waals surface area contributed by atoms with Crippen molar-refractivity contribution in [3.8, 4) is 5.75 Å². The average molecular weight is 359 g/mol. The van der Waals surface area contributed by atoms with E-state index >= 15 is 0 Å². The van der Waals surface area contributed by atoms with Gasteiger partial charge in [0.25, 0.3) is 0 Å². The third-order valence-corrected chi connectivity index (χ3v) is 5.23. The van der Waals surface area contributed by atoms with Crippen LogP contribution in [0.25, 0.3) is 0 Å². The van der Waals surface area contributed by atoms with E-state index in [0.717, 1.165) is 18.4 Å². The number of halogens is 2. The van der Waals surface area contributed by atoms with Gasteiger partial charge in [-0.3, -0.25) is 4.79 Å². The zero-order chi connectivity index (χ0) is 18.7. The third kappa shape index (κ3) is 3.43. The first-order valence-corrected chi connectivity index (χ1v) is 8.80. The maximum Gasteiger partial charge on any atom is 0.233 e. The van der Waals surface area contributed by atoms with Crippen LogP contribution in [0.4, 0.5) is 8.78 Å². The van der Waals surface area contributed by atoms with Gasteiger partial charge in [-0.15, -0.1) is 0 Å². The van der Waals surface area contributed by atoms with Crippen LogP contribution in [0.1, 0.15) is 36.8 Å². The second-order valence-electron chi connectivity index (χ2n) is 6.93. The standard InChI is InChI=1S/C21H23F2NO2/c1-24(14-15-8-9-19(26-2)18(23)12-15)20(25)21(10-3-4-11-21)16-6-5-7-17(22)13-16/h5-9,12-13H,3-4,10-11,14H2,1-2H3. The second kappa shape index (κ2) is 7.44. The summed E-state index contributed by atoms with van der Waals surface area (Å²) in [5.41, 5.74) is 0.723. The minimum absolute atomic E-state index is 0.0446. The zero-order valence-electron chi connectivity index (χ0n) is 15.1. The van der Waals surface area contributed by atoms with Crippen molar-refractivity contribution in [2.75, 3.05) is 14.2 Å². The molecule has 0 saturated heterocycles. The molecule has 3 nitrogen and oxygen atoms in total. The SMILES string of the molecule is COc1ccc(CN(C)C(=O)C2(c3cccc(F)c3)CCCC2)cc1F. The summed E-state index contributed by atoms with van der Waals surface area (Å²) in [6, 6.07) is 11.0. The lowest BCUT2D eigenvalue weighted by Gasteiger charge is -2.33. The highest BCUT2D eigenvalue weighted by Crippen LogP contribution is 2.42. The molecular formula is C21H23F2NO2. The number of rotatable bonds is 5. The largest absolute Gasteiger partial charge is 0.494 e. The van der Waals surface area contributed by atoms with Crippen molar-refractivity contribution in [2.45, 2.75) is 37.6 Å². The van der Waals surface area contributed by atoms with Gasteiger partial charge >= 0.3 is 0 Å². The first-order chi connectivity index (χ1) is 12.5. The quantitative estimate of drug-likeness (QED) is 0.790. The highest BCUT2D eigenvalue weighted by atomic mass is 19.1. The Bertz CT molecular complexity index is 800. The predicted octanol–water partition coefficient (Wildman–Crippen LogP) is 4.44. The Balaban J connectivity index is 1.84. The van der Waals surface area contributed by atoms with Crippen molar-refractivity contribution in [1.29, 1.82) is 0 Å². The molecule has 0 bridgehead atoms. The minimum atomic E-state index is -0.693. The molecule has 0 heterocycles. The molecule has 0 aromatic heterocycles. The van der Waals surface area contributed by atoms with Crippen molar-refractivity contribution in [3.05, 3.63) is 65.2 Å². The molecule has 26 heavy (non-hydrogen) atoms. The maximum atomic E-state index is 13.9. The topological polar surface area (TPSA) is 29.5 Å². The second-order valence-corrected chi connectivity index (χ2v) is 6.93. The average Bonchev–Trinajstić information content (AvgIpc) is 3.12. The normalized spacial score (nSPS) is 15.7. The highest BCUT2D eigenvalue weighted by Gasteiger charge is 2.44. The van der Waals surface area contributed by atoms with E-state index in [1.807, 2.05) is 6.07 Å². The van der Waals surface area contributed by atoms with Gasteiger partial charge in [0.1, 0.15) is 5.82 Å². The van der Waals surface area contributed by atoms with Gasteiger partial charge in [-0.2, -0.15) is 0 Å². The molecule has 0 N–H and O–H groups in total. The van der Waals surface area contributed by atoms with Gasteiger partial charge in [0, 0.05) is 13.6 Å². The third-order valence-electron chi connectivity index (χ3n) is 5.23. The molecule has 1 saturated carbocycles. The first kappa shape index (κ1) is 18.4. The van der Waals surface area contributed by atoms with Crippen LogP contribution >= 0.6 is 0 Å². The number of methoxy groups -OCH3 is 1. The summed E-state index contributed by atoms with van der Waals surface area (Å²) in [6.45, 7) is 0.289. The summed E-state index contributed by atoms with van der Waals surface area (Å²) < 4.78 is 32.6. The first-order valence-electron chi connectivity index (χ1n) is 8.80. The van der Waals surface area contributed by atoms with Crippen LogP contribution in [0.3, 0.4) is 0 Å². The van der Waals surface area contributed by atoms with Crippen LogP contribution in [-0.4, -0.2) is 25.0 Å². The molecule has 0 aliphatic heterocycles. The fourth-order valence-corrected chi connectivity index (χ4v) is 3.91. The smallest absolute Gasteiger partial charge is 0.233 e. The Morgan fingerprint density at radius 3 is 2.50 bits per heavy atom. The fourth-order valence-electron chi connectivity index (χ4n) is 3.91. The summed E-state index contributed by atoms with van der Waals surface area (Å²) >= 11 is 0. The molecule has 0 unspecified atom stereocenters. The number of nitrogens with zero attached hydrogens (tertiary/aromatic N) is 1. The molecule has 2 aromatic rings. The van der Waals surface area contributed by atoms with Crippen LogP contribution < -0.4 is 4.74 Å². The highest BCUT2D eigenvalue weighted by molar-refractivity contribution is 5.88. The minimum Gasteiger partial charge on any atom is -0.494 e. The number of ether oxygens (including phenoxy) is 1. The Morgan fingerprint density at radius 1 is 1.15 bits per heavy atom. The van der Waals surface area contributed by atoms with Crippen LogP contribution in [0.5, 0.6) is 5.75 Å². The van der Waals surface area contributed by atoms with E-state index in [1.54, 1.807) is 30.1 Å². The Labute approximate surface area is 152 Å². The van der Waals surface area contributed by atoms with Gasteiger partial charge < -0.3 is 9.64 Å². The van der Waals surface area contributed by atoms with E-state index < -0.39 is 11.2 Å². The summed E-state index contributed by atoms with van der Waals surface area (Å²) in [6.07, 6.45) is 3.29. The summed E-state index contributed by atoms with van der Waals surface area (Å²) in [7, 11) is 3.13. The molecule has 1 aliphatic rings. The van der Waals surface area contributed by atoms with Crippen molar-refractivity contribution < 1.29 is 18.3 Å².